The highest BCUT2D eigenvalue weighted by molar-refractivity contribution is 5.95. The van der Waals surface area contributed by atoms with E-state index in [4.69, 9.17) is 4.74 Å². The molecular formula is C25H24N2O5. The molecule has 1 aliphatic carbocycles. The average molecular weight is 432 g/mol. The molecule has 1 heterocycles. The van der Waals surface area contributed by atoms with Crippen LogP contribution in [0.3, 0.4) is 0 Å². The third-order valence-corrected chi connectivity index (χ3v) is 5.90. The molecule has 1 aromatic heterocycles. The van der Waals surface area contributed by atoms with E-state index in [1.807, 2.05) is 6.07 Å². The molecule has 1 fully saturated rings. The summed E-state index contributed by atoms with van der Waals surface area (Å²) in [6.07, 6.45) is 4.80. The summed E-state index contributed by atoms with van der Waals surface area (Å²) in [6.45, 7) is 0.163. The van der Waals surface area contributed by atoms with Crippen molar-refractivity contribution in [3.8, 4) is 0 Å². The molecule has 4 rings (SSSR count). The summed E-state index contributed by atoms with van der Waals surface area (Å²) in [5, 5.41) is 0. The second kappa shape index (κ2) is 9.60. The van der Waals surface area contributed by atoms with Gasteiger partial charge in [0.1, 0.15) is 0 Å². The normalized spacial score (nSPS) is 18.1. The van der Waals surface area contributed by atoms with E-state index in [-0.39, 0.29) is 24.1 Å². The van der Waals surface area contributed by atoms with Gasteiger partial charge < -0.3 is 4.74 Å². The van der Waals surface area contributed by atoms with Gasteiger partial charge in [0.25, 0.3) is 11.5 Å². The molecule has 0 saturated heterocycles. The number of carbonyl (C=O) groups is 2. The van der Waals surface area contributed by atoms with Gasteiger partial charge in [-0.25, -0.2) is 9.59 Å². The Bertz CT molecular complexity index is 1210. The van der Waals surface area contributed by atoms with Crippen LogP contribution in [-0.4, -0.2) is 27.6 Å². The monoisotopic (exact) mass is 432 g/mol. The van der Waals surface area contributed by atoms with Crippen molar-refractivity contribution in [2.75, 3.05) is 6.61 Å². The number of esters is 1. The first kappa shape index (κ1) is 21.5. The Morgan fingerprint density at radius 2 is 1.47 bits per heavy atom. The van der Waals surface area contributed by atoms with E-state index in [0.717, 1.165) is 19.3 Å². The van der Waals surface area contributed by atoms with Crippen LogP contribution in [0, 0.1) is 5.92 Å². The van der Waals surface area contributed by atoms with Crippen molar-refractivity contribution >= 4 is 11.9 Å². The van der Waals surface area contributed by atoms with E-state index in [1.165, 1.54) is 16.8 Å². The Hall–Kier alpha value is -3.74. The van der Waals surface area contributed by atoms with Gasteiger partial charge in [0, 0.05) is 29.8 Å². The summed E-state index contributed by atoms with van der Waals surface area (Å²) in [4.78, 5) is 50.8. The zero-order chi connectivity index (χ0) is 22.5. The quantitative estimate of drug-likeness (QED) is 0.578. The molecule has 7 nitrogen and oxygen atoms in total. The molecule has 3 aromatic rings. The summed E-state index contributed by atoms with van der Waals surface area (Å²) in [5.41, 5.74) is -0.596. The molecule has 0 bridgehead atoms. The maximum Gasteiger partial charge on any atom is 0.338 e. The first-order chi connectivity index (χ1) is 15.6. The van der Waals surface area contributed by atoms with E-state index in [1.54, 1.807) is 54.6 Å². The topological polar surface area (TPSA) is 87.4 Å². The second-order valence-electron chi connectivity index (χ2n) is 7.93. The predicted molar refractivity (Wildman–Crippen MR) is 119 cm³/mol. The zero-order valence-corrected chi connectivity index (χ0v) is 17.6. The summed E-state index contributed by atoms with van der Waals surface area (Å²) < 4.78 is 7.66. The number of benzene rings is 2. The number of hydrogen-bond donors (Lipinski definition) is 0. The first-order valence-corrected chi connectivity index (χ1v) is 10.7. The van der Waals surface area contributed by atoms with Crippen LogP contribution in [0.2, 0.25) is 0 Å². The highest BCUT2D eigenvalue weighted by Gasteiger charge is 2.30. The van der Waals surface area contributed by atoms with Crippen molar-refractivity contribution in [1.29, 1.82) is 0 Å². The molecule has 0 unspecified atom stereocenters. The molecule has 32 heavy (non-hydrogen) atoms. The van der Waals surface area contributed by atoms with E-state index in [9.17, 15) is 19.2 Å². The van der Waals surface area contributed by atoms with Crippen molar-refractivity contribution in [2.24, 2.45) is 5.92 Å². The summed E-state index contributed by atoms with van der Waals surface area (Å²) >= 11 is 0. The van der Waals surface area contributed by atoms with Crippen LogP contribution in [0.5, 0.6) is 0 Å². The highest BCUT2D eigenvalue weighted by Crippen LogP contribution is 2.33. The van der Waals surface area contributed by atoms with Crippen molar-refractivity contribution in [3.63, 3.8) is 0 Å². The standard InChI is InChI=1S/C25H24N2O5/c28-22-15-16-26(25(31)27(22)23(29)18-9-3-1-4-10-18)21-14-8-7-13-20(21)17-32-24(30)19-11-5-2-6-12-19/h1-6,9-12,15-16,20-21H,7-8,13-14,17H2/t20-,21-/m0/s1. The van der Waals surface area contributed by atoms with E-state index < -0.39 is 23.1 Å². The predicted octanol–water partition coefficient (Wildman–Crippen LogP) is 3.29. The largest absolute Gasteiger partial charge is 0.462 e. The lowest BCUT2D eigenvalue weighted by Gasteiger charge is -2.32. The second-order valence-corrected chi connectivity index (χ2v) is 7.93. The Morgan fingerprint density at radius 3 is 2.16 bits per heavy atom. The Morgan fingerprint density at radius 1 is 0.844 bits per heavy atom. The molecule has 0 amide bonds. The smallest absolute Gasteiger partial charge is 0.338 e. The third kappa shape index (κ3) is 4.46. The maximum atomic E-state index is 13.2. The van der Waals surface area contributed by atoms with Gasteiger partial charge >= 0.3 is 11.7 Å². The molecule has 164 valence electrons. The van der Waals surface area contributed by atoms with Gasteiger partial charge in [-0.1, -0.05) is 49.2 Å². The molecule has 0 aliphatic heterocycles. The summed E-state index contributed by atoms with van der Waals surface area (Å²) in [6, 6.07) is 18.0. The van der Waals surface area contributed by atoms with Gasteiger partial charge in [-0.3, -0.25) is 14.2 Å². The molecule has 0 N–H and O–H groups in total. The average Bonchev–Trinajstić information content (AvgIpc) is 2.84. The molecule has 2 atom stereocenters. The maximum absolute atomic E-state index is 13.2. The van der Waals surface area contributed by atoms with Crippen LogP contribution in [0.1, 0.15) is 52.4 Å². The molecule has 2 aromatic carbocycles. The van der Waals surface area contributed by atoms with Crippen LogP contribution in [-0.2, 0) is 4.74 Å². The number of nitrogens with zero attached hydrogens (tertiary/aromatic N) is 2. The number of carbonyl (C=O) groups excluding carboxylic acids is 2. The van der Waals surface area contributed by atoms with Gasteiger partial charge in [-0.2, -0.15) is 4.57 Å². The van der Waals surface area contributed by atoms with Gasteiger partial charge in [0.2, 0.25) is 0 Å². The van der Waals surface area contributed by atoms with Gasteiger partial charge in [-0.05, 0) is 37.1 Å². The third-order valence-electron chi connectivity index (χ3n) is 5.90. The molecular weight excluding hydrogens is 408 g/mol. The van der Waals surface area contributed by atoms with Crippen LogP contribution in [0.4, 0.5) is 0 Å². The van der Waals surface area contributed by atoms with Gasteiger partial charge in [-0.15, -0.1) is 0 Å². The number of hydrogen-bond acceptors (Lipinski definition) is 5. The number of ether oxygens (including phenoxy) is 1. The van der Waals surface area contributed by atoms with Crippen molar-refractivity contribution < 1.29 is 14.3 Å². The number of rotatable bonds is 5. The Balaban J connectivity index is 1.60. The van der Waals surface area contributed by atoms with Crippen LogP contribution < -0.4 is 11.2 Å². The summed E-state index contributed by atoms with van der Waals surface area (Å²) in [5.74, 6) is -1.16. The van der Waals surface area contributed by atoms with Gasteiger partial charge in [0.15, 0.2) is 0 Å². The van der Waals surface area contributed by atoms with Crippen molar-refractivity contribution in [2.45, 2.75) is 31.7 Å². The van der Waals surface area contributed by atoms with Crippen molar-refractivity contribution in [3.05, 3.63) is 105 Å². The fraction of sp³-hybridized carbons (Fsp3) is 0.280. The van der Waals surface area contributed by atoms with E-state index in [2.05, 4.69) is 0 Å². The zero-order valence-electron chi connectivity index (χ0n) is 17.6. The molecule has 0 spiro atoms. The Labute approximate surface area is 184 Å². The fourth-order valence-electron chi connectivity index (χ4n) is 4.23. The number of aromatic nitrogens is 2. The first-order valence-electron chi connectivity index (χ1n) is 10.7. The van der Waals surface area contributed by atoms with Crippen LogP contribution in [0.25, 0.3) is 0 Å². The molecule has 1 aliphatic rings. The lowest BCUT2D eigenvalue weighted by atomic mass is 9.85. The highest BCUT2D eigenvalue weighted by atomic mass is 16.5. The fourth-order valence-corrected chi connectivity index (χ4v) is 4.23. The van der Waals surface area contributed by atoms with E-state index >= 15 is 0 Å². The molecule has 0 radical (unpaired) electrons. The summed E-state index contributed by atoms with van der Waals surface area (Å²) in [7, 11) is 0. The minimum Gasteiger partial charge on any atom is -0.462 e. The SMILES string of the molecule is O=C(OC[C@@H]1CCCC[C@@H]1n1ccc(=O)n(C(=O)c2ccccc2)c1=O)c1ccccc1. The minimum absolute atomic E-state index is 0.0908. The lowest BCUT2D eigenvalue weighted by molar-refractivity contribution is 0.0347. The van der Waals surface area contributed by atoms with E-state index in [0.29, 0.717) is 16.6 Å². The minimum atomic E-state index is -0.669. The van der Waals surface area contributed by atoms with Crippen molar-refractivity contribution in [1.82, 2.24) is 9.13 Å². The van der Waals surface area contributed by atoms with Gasteiger partial charge in [0.05, 0.1) is 12.2 Å². The molecule has 7 heteroatoms. The van der Waals surface area contributed by atoms with Crippen LogP contribution in [0.15, 0.2) is 82.5 Å². The Kier molecular flexibility index (Phi) is 6.44. The molecule has 1 saturated carbocycles. The lowest BCUT2D eigenvalue weighted by Crippen LogP contribution is -2.46. The van der Waals surface area contributed by atoms with Crippen LogP contribution >= 0.6 is 0 Å².